The van der Waals surface area contributed by atoms with Crippen molar-refractivity contribution in [3.63, 3.8) is 0 Å². The highest BCUT2D eigenvalue weighted by molar-refractivity contribution is 6.18. The van der Waals surface area contributed by atoms with Crippen molar-refractivity contribution in [3.05, 3.63) is 12.8 Å². The zero-order valence-corrected chi connectivity index (χ0v) is 10.1. The highest BCUT2D eigenvalue weighted by Crippen LogP contribution is 1.75. The topological polar surface area (TPSA) is 29.5 Å². The Morgan fingerprint density at radius 1 is 1.31 bits per heavy atom. The van der Waals surface area contributed by atoms with Gasteiger partial charge in [0.05, 0.1) is 18.7 Å². The van der Waals surface area contributed by atoms with E-state index in [0.29, 0.717) is 18.4 Å². The summed E-state index contributed by atoms with van der Waals surface area (Å²) in [6.07, 6.45) is 1.38. The summed E-state index contributed by atoms with van der Waals surface area (Å²) >= 11 is 15.1. The second-order valence-corrected chi connectivity index (χ2v) is 2.70. The van der Waals surface area contributed by atoms with Crippen molar-refractivity contribution in [2.24, 2.45) is 0 Å². The minimum atomic E-state index is 0.0849. The number of hydrogen-bond donors (Lipinski definition) is 1. The molecule has 0 aromatic carbocycles. The highest BCUT2D eigenvalue weighted by atomic mass is 35.5. The van der Waals surface area contributed by atoms with Gasteiger partial charge in [-0.15, -0.1) is 34.8 Å². The van der Waals surface area contributed by atoms with Crippen LogP contribution in [-0.2, 0) is 4.74 Å². The molecule has 0 aliphatic rings. The molecule has 0 unspecified atom stereocenters. The van der Waals surface area contributed by atoms with Crippen molar-refractivity contribution in [1.29, 1.82) is 0 Å². The van der Waals surface area contributed by atoms with Crippen molar-refractivity contribution < 1.29 is 9.84 Å². The van der Waals surface area contributed by atoms with Crippen molar-refractivity contribution in [3.8, 4) is 0 Å². The van der Waals surface area contributed by atoms with E-state index in [-0.39, 0.29) is 6.61 Å². The highest BCUT2D eigenvalue weighted by Gasteiger charge is 1.70. The Morgan fingerprint density at radius 2 is 1.69 bits per heavy atom. The van der Waals surface area contributed by atoms with Gasteiger partial charge in [0.2, 0.25) is 0 Å². The third-order valence-electron chi connectivity index (χ3n) is 0.397. The third-order valence-corrected chi connectivity index (χ3v) is 0.721. The Kier molecular flexibility index (Phi) is 43.1. The molecule has 0 aliphatic carbocycles. The van der Waals surface area contributed by atoms with E-state index in [1.807, 2.05) is 6.92 Å². The molecule has 82 valence electrons. The lowest BCUT2D eigenvalue weighted by Gasteiger charge is -1.89. The number of halogens is 3. The van der Waals surface area contributed by atoms with E-state index in [2.05, 4.69) is 11.3 Å². The molecule has 0 atom stereocenters. The van der Waals surface area contributed by atoms with Crippen LogP contribution in [0, 0.1) is 0 Å². The average molecular weight is 252 g/mol. The summed E-state index contributed by atoms with van der Waals surface area (Å²) in [5.74, 6) is 1.60. The lowest BCUT2D eigenvalue weighted by atomic mass is 10.9. The Morgan fingerprint density at radius 3 is 1.77 bits per heavy atom. The minimum absolute atomic E-state index is 0.0849. The zero-order chi connectivity index (χ0) is 10.9. The summed E-state index contributed by atoms with van der Waals surface area (Å²) in [4.78, 5) is 0. The van der Waals surface area contributed by atoms with E-state index in [4.69, 9.17) is 39.9 Å². The van der Waals surface area contributed by atoms with E-state index in [1.54, 1.807) is 0 Å². The minimum Gasteiger partial charge on any atom is -0.501 e. The first-order valence-corrected chi connectivity index (χ1v) is 5.36. The molecule has 0 aromatic heterocycles. The normalized spacial score (nSPS) is 7.15. The van der Waals surface area contributed by atoms with E-state index < -0.39 is 0 Å². The predicted octanol–water partition coefficient (Wildman–Crippen LogP) is 2.85. The Bertz CT molecular complexity index is 70.4. The first kappa shape index (κ1) is 19.0. The van der Waals surface area contributed by atoms with Crippen molar-refractivity contribution in [2.75, 3.05) is 30.9 Å². The van der Waals surface area contributed by atoms with Crippen LogP contribution in [0.25, 0.3) is 0 Å². The maximum atomic E-state index is 7.74. The molecule has 0 aromatic rings. The van der Waals surface area contributed by atoms with Gasteiger partial charge < -0.3 is 9.84 Å². The molecule has 0 heterocycles. The first-order valence-electron chi connectivity index (χ1n) is 3.76. The molecular formula is C8H17Cl3O2. The van der Waals surface area contributed by atoms with Gasteiger partial charge in [-0.1, -0.05) is 13.5 Å². The van der Waals surface area contributed by atoms with Crippen LogP contribution < -0.4 is 0 Å². The Labute approximate surface area is 95.4 Å². The number of alkyl halides is 3. The summed E-state index contributed by atoms with van der Waals surface area (Å²) < 4.78 is 4.61. The Balaban J connectivity index is -0.000000125. The van der Waals surface area contributed by atoms with Crippen LogP contribution in [0.3, 0.4) is 0 Å². The van der Waals surface area contributed by atoms with Crippen LogP contribution in [-0.4, -0.2) is 36.0 Å². The fourth-order valence-electron chi connectivity index (χ4n) is 0.128. The van der Waals surface area contributed by atoms with E-state index >= 15 is 0 Å². The van der Waals surface area contributed by atoms with E-state index in [1.165, 1.54) is 6.26 Å². The summed E-state index contributed by atoms with van der Waals surface area (Å²) in [7, 11) is 0. The lowest BCUT2D eigenvalue weighted by Crippen LogP contribution is -1.84. The second-order valence-electron chi connectivity index (χ2n) is 1.41. The van der Waals surface area contributed by atoms with Gasteiger partial charge >= 0.3 is 0 Å². The molecule has 0 bridgehead atoms. The monoisotopic (exact) mass is 250 g/mol. The molecule has 0 saturated carbocycles. The molecule has 0 saturated heterocycles. The maximum Gasteiger partial charge on any atom is 0.101 e. The summed E-state index contributed by atoms with van der Waals surface area (Å²) in [6.45, 7) is 5.85. The molecule has 0 amide bonds. The van der Waals surface area contributed by atoms with Gasteiger partial charge in [-0.05, 0) is 0 Å². The molecule has 1 N–H and O–H groups in total. The SMILES string of the molecule is C=COCCCl.CCCl.OCCCl. The van der Waals surface area contributed by atoms with E-state index in [9.17, 15) is 0 Å². The van der Waals surface area contributed by atoms with Crippen LogP contribution in [0.15, 0.2) is 12.8 Å². The number of hydrogen-bond acceptors (Lipinski definition) is 2. The molecule has 2 nitrogen and oxygen atoms in total. The standard InChI is InChI=1S/C4H7ClO.C2H5ClO.C2H5Cl/c1-2-6-4-3-5;3-1-2-4;1-2-3/h2H,1,3-4H2;4H,1-2H2;2H2,1H3. The van der Waals surface area contributed by atoms with E-state index in [0.717, 1.165) is 5.88 Å². The fraction of sp³-hybridized carbons (Fsp3) is 0.750. The molecule has 0 rings (SSSR count). The fourth-order valence-corrected chi connectivity index (χ4v) is 0.217. The van der Waals surface area contributed by atoms with Gasteiger partial charge in [-0.2, -0.15) is 0 Å². The zero-order valence-electron chi connectivity index (χ0n) is 7.81. The second kappa shape index (κ2) is 29.4. The molecule has 0 fully saturated rings. The lowest BCUT2D eigenvalue weighted by molar-refractivity contribution is 0.273. The van der Waals surface area contributed by atoms with Crippen molar-refractivity contribution in [1.82, 2.24) is 0 Å². The largest absolute Gasteiger partial charge is 0.501 e. The average Bonchev–Trinajstić information content (AvgIpc) is 2.16. The van der Waals surface area contributed by atoms with Crippen LogP contribution >= 0.6 is 34.8 Å². The van der Waals surface area contributed by atoms with Gasteiger partial charge in [0.1, 0.15) is 6.61 Å². The van der Waals surface area contributed by atoms with Crippen LogP contribution in [0.5, 0.6) is 0 Å². The van der Waals surface area contributed by atoms with Gasteiger partial charge in [0.15, 0.2) is 0 Å². The maximum absolute atomic E-state index is 7.74. The molecule has 0 radical (unpaired) electrons. The smallest absolute Gasteiger partial charge is 0.101 e. The first-order chi connectivity index (χ1) is 6.24. The molecule has 0 spiro atoms. The molecule has 5 heteroatoms. The quantitative estimate of drug-likeness (QED) is 0.473. The predicted molar refractivity (Wildman–Crippen MR) is 61.1 cm³/mol. The molecular weight excluding hydrogens is 234 g/mol. The van der Waals surface area contributed by atoms with Crippen LogP contribution in [0.4, 0.5) is 0 Å². The third kappa shape index (κ3) is 69.7. The molecule has 13 heavy (non-hydrogen) atoms. The van der Waals surface area contributed by atoms with Crippen LogP contribution in [0.2, 0.25) is 0 Å². The van der Waals surface area contributed by atoms with Gasteiger partial charge in [0.25, 0.3) is 0 Å². The van der Waals surface area contributed by atoms with Gasteiger partial charge in [-0.3, -0.25) is 0 Å². The number of aliphatic hydroxyl groups is 1. The van der Waals surface area contributed by atoms with Gasteiger partial charge in [-0.25, -0.2) is 0 Å². The Hall–Kier alpha value is 0.370. The van der Waals surface area contributed by atoms with Crippen LogP contribution in [0.1, 0.15) is 6.92 Å². The van der Waals surface area contributed by atoms with Crippen molar-refractivity contribution >= 4 is 34.8 Å². The summed E-state index contributed by atoms with van der Waals surface area (Å²) in [5.41, 5.74) is 0. The number of ether oxygens (including phenoxy) is 1. The number of rotatable bonds is 4. The molecule has 0 aliphatic heterocycles. The van der Waals surface area contributed by atoms with Gasteiger partial charge in [0, 0.05) is 11.8 Å². The summed E-state index contributed by atoms with van der Waals surface area (Å²) in [6, 6.07) is 0. The summed E-state index contributed by atoms with van der Waals surface area (Å²) in [5, 5.41) is 7.74. The van der Waals surface area contributed by atoms with Crippen molar-refractivity contribution in [2.45, 2.75) is 6.92 Å². The number of aliphatic hydroxyl groups excluding tert-OH is 1.